The molecule has 0 amide bonds. The van der Waals surface area contributed by atoms with Crippen LogP contribution in [0.3, 0.4) is 0 Å². The Balaban J connectivity index is 1.71. The summed E-state index contributed by atoms with van der Waals surface area (Å²) >= 11 is 0. The Labute approximate surface area is 268 Å². The molecule has 0 radical (unpaired) electrons. The minimum atomic E-state index is -1.03. The van der Waals surface area contributed by atoms with E-state index in [0.29, 0.717) is 0 Å². The summed E-state index contributed by atoms with van der Waals surface area (Å²) in [4.78, 5) is 0. The van der Waals surface area contributed by atoms with E-state index in [1.165, 1.54) is 0 Å². The fourth-order valence-electron chi connectivity index (χ4n) is 4.66. The first-order valence-electron chi connectivity index (χ1n) is 24.3. The van der Waals surface area contributed by atoms with Gasteiger partial charge in [0.2, 0.25) is 0 Å². The van der Waals surface area contributed by atoms with E-state index in [-0.39, 0.29) is 10.8 Å². The Bertz CT molecular complexity index is 3460. The average Bonchev–Trinajstić information content (AvgIpc) is 3.27. The molecule has 0 aliphatic rings. The Hall–Kier alpha value is -5.20. The van der Waals surface area contributed by atoms with Crippen LogP contribution >= 0.6 is 0 Å². The van der Waals surface area contributed by atoms with Gasteiger partial charge in [0, 0.05) is 0 Å². The van der Waals surface area contributed by atoms with Gasteiger partial charge in [0.1, 0.15) is 0 Å². The van der Waals surface area contributed by atoms with Crippen molar-refractivity contribution >= 4 is 43.1 Å². The highest BCUT2D eigenvalue weighted by Crippen LogP contribution is 2.44. The molecule has 8 aromatic rings. The van der Waals surface area contributed by atoms with Crippen molar-refractivity contribution in [3.8, 4) is 33.4 Å². The predicted octanol–water partition coefficient (Wildman–Crippen LogP) is 11.3. The molecule has 0 fully saturated rings. The van der Waals surface area contributed by atoms with Crippen molar-refractivity contribution in [3.05, 3.63) is 157 Å². The summed E-state index contributed by atoms with van der Waals surface area (Å²) in [6.07, 6.45) is 0. The lowest BCUT2D eigenvalue weighted by atomic mass is 9.85. The lowest BCUT2D eigenvalue weighted by molar-refractivity contribution is 1.61. The molecule has 0 atom stereocenters. The van der Waals surface area contributed by atoms with Gasteiger partial charge in [-0.1, -0.05) is 151 Å². The van der Waals surface area contributed by atoms with E-state index in [1.807, 2.05) is 0 Å². The summed E-state index contributed by atoms with van der Waals surface area (Å²) in [6.45, 7) is 0. The van der Waals surface area contributed by atoms with Crippen LogP contribution in [0.25, 0.3) is 76.5 Å². The second-order valence-electron chi connectivity index (χ2n) is 8.58. The maximum absolute atomic E-state index is 9.69. The molecule has 40 heavy (non-hydrogen) atoms. The predicted molar refractivity (Wildman–Crippen MR) is 173 cm³/mol. The van der Waals surface area contributed by atoms with Crippen LogP contribution in [0.2, 0.25) is 0 Å². The molecule has 186 valence electrons. The molecular formula is C40H26. The monoisotopic (exact) mass is 531 g/mol. The molecule has 0 spiro atoms. The fraction of sp³-hybridized carbons (Fsp3) is 0. The molecule has 0 unspecified atom stereocenters. The highest BCUT2D eigenvalue weighted by atomic mass is 14.2. The van der Waals surface area contributed by atoms with Crippen LogP contribution in [0.1, 0.15) is 34.3 Å². The van der Waals surface area contributed by atoms with E-state index < -0.39 is 217 Å². The number of benzene rings is 8. The number of rotatable bonds is 3. The summed E-state index contributed by atoms with van der Waals surface area (Å²) in [5, 5.41) is -4.26. The van der Waals surface area contributed by atoms with Crippen LogP contribution < -0.4 is 0 Å². The lowest BCUT2D eigenvalue weighted by Gasteiger charge is -2.18. The molecule has 0 bridgehead atoms. The molecule has 0 heteroatoms. The normalized spacial score (nSPS) is 20.2. The topological polar surface area (TPSA) is 0 Å². The van der Waals surface area contributed by atoms with E-state index in [0.717, 1.165) is 6.07 Å². The molecule has 0 saturated carbocycles. The van der Waals surface area contributed by atoms with Crippen LogP contribution in [0.4, 0.5) is 0 Å². The summed E-state index contributed by atoms with van der Waals surface area (Å²) in [5.41, 5.74) is -4.34. The summed E-state index contributed by atoms with van der Waals surface area (Å²) in [5.74, 6) is 0. The zero-order valence-corrected chi connectivity index (χ0v) is 20.1. The minimum absolute atomic E-state index is 0.247. The lowest BCUT2D eigenvalue weighted by Crippen LogP contribution is -1.91. The van der Waals surface area contributed by atoms with Gasteiger partial charge < -0.3 is 0 Å². The third-order valence-electron chi connectivity index (χ3n) is 6.39. The zero-order chi connectivity index (χ0) is 48.2. The van der Waals surface area contributed by atoms with Crippen LogP contribution in [0.15, 0.2) is 157 Å². The maximum atomic E-state index is 9.69. The SMILES string of the molecule is [2H]c1cc2c(c([2H])c1[2H])c([2H])c([2H])c1c([2H])c([2H])c(-c3c4c([2H])c([2H])c([2H])c([2H])c4c(-c4c([2H])c([2H])c(-c5c([2H])c([2H])c([2H])c([2H])c5[2H])c([2H])c4[2H])c4c([2H])c([2H])c([2H])c([2H])c34)c([2H])c12. The highest BCUT2D eigenvalue weighted by Gasteiger charge is 2.17. The molecule has 0 heterocycles. The molecular weight excluding hydrogens is 480 g/mol. The Morgan fingerprint density at radius 1 is 0.300 bits per heavy atom. The molecule has 0 aliphatic heterocycles. The maximum Gasteiger partial charge on any atom is 0.0636 e. The van der Waals surface area contributed by atoms with Gasteiger partial charge >= 0.3 is 0 Å². The molecule has 8 rings (SSSR count). The Morgan fingerprint density at radius 3 is 1.40 bits per heavy atom. The van der Waals surface area contributed by atoms with Crippen molar-refractivity contribution in [3.63, 3.8) is 0 Å². The van der Waals surface area contributed by atoms with E-state index >= 15 is 0 Å². The Kier molecular flexibility index (Phi) is 2.05. The smallest absolute Gasteiger partial charge is 0.0622 e. The molecule has 0 aliphatic carbocycles. The fourth-order valence-corrected chi connectivity index (χ4v) is 4.66. The second-order valence-corrected chi connectivity index (χ2v) is 8.58. The summed E-state index contributed by atoms with van der Waals surface area (Å²) < 4.78 is 221. The second kappa shape index (κ2) is 9.22. The van der Waals surface area contributed by atoms with Gasteiger partial charge in [0.15, 0.2) is 0 Å². The average molecular weight is 532 g/mol. The summed E-state index contributed by atoms with van der Waals surface area (Å²) in [7, 11) is 0. The number of hydrogen-bond donors (Lipinski definition) is 0. The minimum Gasteiger partial charge on any atom is -0.0622 e. The molecule has 0 N–H and O–H groups in total. The van der Waals surface area contributed by atoms with Crippen molar-refractivity contribution in [1.29, 1.82) is 0 Å². The zero-order valence-electron chi connectivity index (χ0n) is 45.1. The van der Waals surface area contributed by atoms with E-state index in [9.17, 15) is 12.3 Å². The van der Waals surface area contributed by atoms with Crippen molar-refractivity contribution < 1.29 is 34.3 Å². The van der Waals surface area contributed by atoms with Crippen LogP contribution in [0, 0.1) is 0 Å². The van der Waals surface area contributed by atoms with Gasteiger partial charge in [-0.15, -0.1) is 0 Å². The van der Waals surface area contributed by atoms with Crippen LogP contribution in [-0.4, -0.2) is 0 Å². The first kappa shape index (κ1) is 8.91. The van der Waals surface area contributed by atoms with Gasteiger partial charge in [-0.25, -0.2) is 0 Å². The van der Waals surface area contributed by atoms with Crippen LogP contribution in [0.5, 0.6) is 0 Å². The first-order chi connectivity index (χ1) is 30.3. The number of hydrogen-bond acceptors (Lipinski definition) is 0. The summed E-state index contributed by atoms with van der Waals surface area (Å²) in [6, 6.07) is -20.8. The molecule has 0 aromatic heterocycles. The third kappa shape index (κ3) is 3.61. The van der Waals surface area contributed by atoms with E-state index in [2.05, 4.69) is 0 Å². The molecule has 8 aromatic carbocycles. The highest BCUT2D eigenvalue weighted by molar-refractivity contribution is 6.22. The first-order valence-corrected chi connectivity index (χ1v) is 11.8. The van der Waals surface area contributed by atoms with Crippen LogP contribution in [-0.2, 0) is 0 Å². The standard InChI is InChI=1S/C40H26/c1-2-10-27(11-3-1)28-18-23-31(24-19-28)39-34-14-6-8-16-36(34)40(37-17-9-7-15-35(37)39)32-25-22-30-21-20-29-12-4-5-13-33(29)38(30)26-32/h1-26H/i1D,2D,3D,4D,5D,6D,7D,8D,9D,10D,11D,12D,14D,15D,16D,17D,18D,19D,20D,21D,22D,23D,24D,25D,26D. The largest absolute Gasteiger partial charge is 0.0636 e. The molecule has 0 nitrogen and oxygen atoms in total. The van der Waals surface area contributed by atoms with Gasteiger partial charge in [-0.05, 0) is 82.5 Å². The van der Waals surface area contributed by atoms with E-state index in [4.69, 9.17) is 21.9 Å². The van der Waals surface area contributed by atoms with E-state index in [1.54, 1.807) is 0 Å². The van der Waals surface area contributed by atoms with Gasteiger partial charge in [-0.2, -0.15) is 0 Å². The quantitative estimate of drug-likeness (QED) is 0.157. The van der Waals surface area contributed by atoms with Gasteiger partial charge in [0.25, 0.3) is 0 Å². The van der Waals surface area contributed by atoms with Gasteiger partial charge in [0.05, 0.1) is 34.3 Å². The number of fused-ring (bicyclic) bond motifs is 5. The third-order valence-corrected chi connectivity index (χ3v) is 6.39. The molecule has 0 saturated heterocycles. The Morgan fingerprint density at radius 2 is 0.750 bits per heavy atom. The van der Waals surface area contributed by atoms with Crippen molar-refractivity contribution in [2.45, 2.75) is 0 Å². The van der Waals surface area contributed by atoms with Gasteiger partial charge in [-0.3, -0.25) is 0 Å². The van der Waals surface area contributed by atoms with Crippen molar-refractivity contribution in [2.24, 2.45) is 0 Å². The van der Waals surface area contributed by atoms with Crippen molar-refractivity contribution in [2.75, 3.05) is 0 Å². The van der Waals surface area contributed by atoms with Crippen molar-refractivity contribution in [1.82, 2.24) is 0 Å².